The van der Waals surface area contributed by atoms with Gasteiger partial charge in [0.25, 0.3) is 0 Å². The summed E-state index contributed by atoms with van der Waals surface area (Å²) in [5, 5.41) is 3.57. The molecule has 0 saturated carbocycles. The van der Waals surface area contributed by atoms with Crippen LogP contribution in [0.2, 0.25) is 0 Å². The monoisotopic (exact) mass is 261 g/mol. The molecule has 106 valence electrons. The first-order chi connectivity index (χ1) is 9.29. The van der Waals surface area contributed by atoms with Gasteiger partial charge in [0.1, 0.15) is 0 Å². The summed E-state index contributed by atoms with van der Waals surface area (Å²) < 4.78 is 0. The molecule has 0 aromatic carbocycles. The van der Waals surface area contributed by atoms with Crippen molar-refractivity contribution < 1.29 is 0 Å². The van der Waals surface area contributed by atoms with E-state index in [1.54, 1.807) is 0 Å². The zero-order chi connectivity index (χ0) is 13.5. The van der Waals surface area contributed by atoms with E-state index in [0.717, 1.165) is 18.9 Å². The predicted octanol–water partition coefficient (Wildman–Crippen LogP) is 2.33. The Morgan fingerprint density at radius 3 is 3.16 bits per heavy atom. The molecule has 0 radical (unpaired) electrons. The lowest BCUT2D eigenvalue weighted by Gasteiger charge is -2.36. The molecule has 19 heavy (non-hydrogen) atoms. The SMILES string of the molecule is CCNC(C)C1CCCN(CCc2cccnc2)C1. The van der Waals surface area contributed by atoms with Gasteiger partial charge in [0.05, 0.1) is 0 Å². The van der Waals surface area contributed by atoms with Crippen LogP contribution in [0.25, 0.3) is 0 Å². The molecule has 0 aliphatic carbocycles. The summed E-state index contributed by atoms with van der Waals surface area (Å²) in [5.41, 5.74) is 1.35. The highest BCUT2D eigenvalue weighted by Gasteiger charge is 2.23. The van der Waals surface area contributed by atoms with Crippen LogP contribution in [-0.2, 0) is 6.42 Å². The highest BCUT2D eigenvalue weighted by Crippen LogP contribution is 2.19. The van der Waals surface area contributed by atoms with E-state index in [9.17, 15) is 0 Å². The average molecular weight is 261 g/mol. The Hall–Kier alpha value is -0.930. The minimum absolute atomic E-state index is 0.645. The number of hydrogen-bond acceptors (Lipinski definition) is 3. The van der Waals surface area contributed by atoms with Crippen molar-refractivity contribution in [2.75, 3.05) is 26.2 Å². The summed E-state index contributed by atoms with van der Waals surface area (Å²) >= 11 is 0. The van der Waals surface area contributed by atoms with Gasteiger partial charge < -0.3 is 10.2 Å². The molecule has 0 amide bonds. The quantitative estimate of drug-likeness (QED) is 0.852. The Kier molecular flexibility index (Phi) is 5.80. The fourth-order valence-corrected chi connectivity index (χ4v) is 3.02. The maximum Gasteiger partial charge on any atom is 0.0300 e. The second-order valence-corrected chi connectivity index (χ2v) is 5.66. The molecule has 1 aromatic heterocycles. The van der Waals surface area contributed by atoms with Gasteiger partial charge in [-0.05, 0) is 56.8 Å². The molecule has 1 fully saturated rings. The number of hydrogen-bond donors (Lipinski definition) is 1. The molecular weight excluding hydrogens is 234 g/mol. The average Bonchev–Trinajstić information content (AvgIpc) is 2.47. The van der Waals surface area contributed by atoms with E-state index in [4.69, 9.17) is 0 Å². The summed E-state index contributed by atoms with van der Waals surface area (Å²) in [6.45, 7) is 9.27. The minimum Gasteiger partial charge on any atom is -0.314 e. The van der Waals surface area contributed by atoms with E-state index in [1.165, 1.54) is 38.0 Å². The minimum atomic E-state index is 0.645. The summed E-state index contributed by atoms with van der Waals surface area (Å²) in [6.07, 6.45) is 7.67. The molecule has 1 aromatic rings. The second-order valence-electron chi connectivity index (χ2n) is 5.66. The smallest absolute Gasteiger partial charge is 0.0300 e. The van der Waals surface area contributed by atoms with Crippen LogP contribution in [0, 0.1) is 5.92 Å². The molecular formula is C16H27N3. The van der Waals surface area contributed by atoms with Gasteiger partial charge in [-0.15, -0.1) is 0 Å². The normalized spacial score (nSPS) is 22.3. The number of nitrogens with one attached hydrogen (secondary N) is 1. The summed E-state index contributed by atoms with van der Waals surface area (Å²) in [4.78, 5) is 6.81. The molecule has 1 aliphatic heterocycles. The lowest BCUT2D eigenvalue weighted by Crippen LogP contribution is -2.44. The lowest BCUT2D eigenvalue weighted by atomic mass is 9.91. The summed E-state index contributed by atoms with van der Waals surface area (Å²) in [6, 6.07) is 4.85. The fourth-order valence-electron chi connectivity index (χ4n) is 3.02. The summed E-state index contributed by atoms with van der Waals surface area (Å²) in [7, 11) is 0. The number of rotatable bonds is 6. The first-order valence-electron chi connectivity index (χ1n) is 7.64. The number of pyridine rings is 1. The topological polar surface area (TPSA) is 28.2 Å². The van der Waals surface area contributed by atoms with Crippen molar-refractivity contribution >= 4 is 0 Å². The van der Waals surface area contributed by atoms with E-state index >= 15 is 0 Å². The van der Waals surface area contributed by atoms with Crippen molar-refractivity contribution in [3.05, 3.63) is 30.1 Å². The zero-order valence-electron chi connectivity index (χ0n) is 12.3. The van der Waals surface area contributed by atoms with E-state index in [1.807, 2.05) is 18.5 Å². The fraction of sp³-hybridized carbons (Fsp3) is 0.688. The highest BCUT2D eigenvalue weighted by molar-refractivity contribution is 5.08. The van der Waals surface area contributed by atoms with Gasteiger partial charge in [0, 0.05) is 31.5 Å². The Morgan fingerprint density at radius 1 is 1.53 bits per heavy atom. The van der Waals surface area contributed by atoms with Gasteiger partial charge in [-0.3, -0.25) is 4.98 Å². The molecule has 2 rings (SSSR count). The molecule has 1 aliphatic rings. The molecule has 3 nitrogen and oxygen atoms in total. The van der Waals surface area contributed by atoms with Crippen molar-refractivity contribution in [2.45, 2.75) is 39.2 Å². The van der Waals surface area contributed by atoms with Crippen molar-refractivity contribution in [3.63, 3.8) is 0 Å². The van der Waals surface area contributed by atoms with Crippen molar-refractivity contribution in [1.82, 2.24) is 15.2 Å². The Labute approximate surface area is 117 Å². The summed E-state index contributed by atoms with van der Waals surface area (Å²) in [5.74, 6) is 0.808. The van der Waals surface area contributed by atoms with E-state index in [0.29, 0.717) is 6.04 Å². The zero-order valence-corrected chi connectivity index (χ0v) is 12.3. The predicted molar refractivity (Wildman–Crippen MR) is 80.2 cm³/mol. The van der Waals surface area contributed by atoms with Gasteiger partial charge in [0.2, 0.25) is 0 Å². The van der Waals surface area contributed by atoms with Gasteiger partial charge in [-0.2, -0.15) is 0 Å². The van der Waals surface area contributed by atoms with Crippen LogP contribution in [0.1, 0.15) is 32.3 Å². The second kappa shape index (κ2) is 7.61. The van der Waals surface area contributed by atoms with Crippen LogP contribution in [0.15, 0.2) is 24.5 Å². The van der Waals surface area contributed by atoms with Crippen LogP contribution in [0.5, 0.6) is 0 Å². The van der Waals surface area contributed by atoms with Gasteiger partial charge in [-0.25, -0.2) is 0 Å². The van der Waals surface area contributed by atoms with Gasteiger partial charge >= 0.3 is 0 Å². The maximum absolute atomic E-state index is 4.19. The first kappa shape index (κ1) is 14.5. The third-order valence-electron chi connectivity index (χ3n) is 4.21. The van der Waals surface area contributed by atoms with Crippen molar-refractivity contribution in [2.24, 2.45) is 5.92 Å². The number of aromatic nitrogens is 1. The van der Waals surface area contributed by atoms with Gasteiger partial charge in [-0.1, -0.05) is 13.0 Å². The third kappa shape index (κ3) is 4.59. The van der Waals surface area contributed by atoms with Gasteiger partial charge in [0.15, 0.2) is 0 Å². The largest absolute Gasteiger partial charge is 0.314 e. The number of likely N-dealkylation sites (tertiary alicyclic amines) is 1. The maximum atomic E-state index is 4.19. The van der Waals surface area contributed by atoms with Crippen LogP contribution in [-0.4, -0.2) is 42.1 Å². The van der Waals surface area contributed by atoms with E-state index < -0.39 is 0 Å². The molecule has 3 heteroatoms. The first-order valence-corrected chi connectivity index (χ1v) is 7.64. The Morgan fingerprint density at radius 2 is 2.42 bits per heavy atom. The molecule has 0 spiro atoms. The van der Waals surface area contributed by atoms with Crippen LogP contribution >= 0.6 is 0 Å². The molecule has 0 bridgehead atoms. The number of nitrogens with zero attached hydrogens (tertiary/aromatic N) is 2. The highest BCUT2D eigenvalue weighted by atomic mass is 15.1. The number of piperidine rings is 1. The molecule has 2 heterocycles. The third-order valence-corrected chi connectivity index (χ3v) is 4.21. The molecule has 2 unspecified atom stereocenters. The van der Waals surface area contributed by atoms with Crippen LogP contribution in [0.4, 0.5) is 0 Å². The van der Waals surface area contributed by atoms with Crippen LogP contribution < -0.4 is 5.32 Å². The molecule has 1 N–H and O–H groups in total. The van der Waals surface area contributed by atoms with E-state index in [2.05, 4.69) is 35.1 Å². The van der Waals surface area contributed by atoms with Crippen molar-refractivity contribution in [1.29, 1.82) is 0 Å². The molecule has 2 atom stereocenters. The van der Waals surface area contributed by atoms with Crippen molar-refractivity contribution in [3.8, 4) is 0 Å². The molecule has 1 saturated heterocycles. The standard InChI is InChI=1S/C16H27N3/c1-3-18-14(2)16-7-5-10-19(13-16)11-8-15-6-4-9-17-12-15/h4,6,9,12,14,16,18H,3,5,7-8,10-11,13H2,1-2H3. The Bertz CT molecular complexity index is 352. The van der Waals surface area contributed by atoms with E-state index in [-0.39, 0.29) is 0 Å². The Balaban J connectivity index is 1.78. The van der Waals surface area contributed by atoms with Crippen LogP contribution in [0.3, 0.4) is 0 Å². The lowest BCUT2D eigenvalue weighted by molar-refractivity contribution is 0.153.